The molecule has 0 unspecified atom stereocenters. The van der Waals surface area contributed by atoms with Crippen LogP contribution in [0, 0.1) is 0 Å². The maximum Gasteiger partial charge on any atom is 0.257 e. The first-order valence-corrected chi connectivity index (χ1v) is 8.00. The second kappa shape index (κ2) is 6.26. The third-order valence-electron chi connectivity index (χ3n) is 3.64. The van der Waals surface area contributed by atoms with Crippen LogP contribution in [-0.2, 0) is 6.42 Å². The van der Waals surface area contributed by atoms with Gasteiger partial charge < -0.3 is 9.64 Å². The lowest BCUT2D eigenvalue weighted by Gasteiger charge is -2.23. The van der Waals surface area contributed by atoms with Crippen molar-refractivity contribution in [3.63, 3.8) is 0 Å². The molecule has 4 nitrogen and oxygen atoms in total. The maximum absolute atomic E-state index is 12.8. The summed E-state index contributed by atoms with van der Waals surface area (Å²) in [6.07, 6.45) is 4.82. The third kappa shape index (κ3) is 3.24. The molecule has 0 atom stereocenters. The van der Waals surface area contributed by atoms with E-state index in [0.29, 0.717) is 17.4 Å². The summed E-state index contributed by atoms with van der Waals surface area (Å²) >= 11 is 1.64. The number of carbonyl (C=O) groups excluding carboxylic acids is 1. The van der Waals surface area contributed by atoms with Crippen LogP contribution >= 0.6 is 11.3 Å². The van der Waals surface area contributed by atoms with Crippen molar-refractivity contribution in [1.29, 1.82) is 0 Å². The van der Waals surface area contributed by atoms with E-state index >= 15 is 0 Å². The molecule has 0 saturated heterocycles. The van der Waals surface area contributed by atoms with E-state index in [4.69, 9.17) is 4.74 Å². The number of benzene rings is 1. The van der Waals surface area contributed by atoms with E-state index in [2.05, 4.69) is 4.98 Å². The molecular formula is C16H18N2O2S. The van der Waals surface area contributed by atoms with Gasteiger partial charge in [0.15, 0.2) is 0 Å². The summed E-state index contributed by atoms with van der Waals surface area (Å²) in [7, 11) is 1.60. The van der Waals surface area contributed by atoms with E-state index in [1.165, 1.54) is 0 Å². The standard InChI is InChI=1S/C16H18N2O2S/c1-20-14-5-3-2-4-13(14)16(19)18(12-6-7-12)10-8-15-17-9-11-21-15/h2-5,9,11-12H,6-8,10H2,1H3. The quantitative estimate of drug-likeness (QED) is 0.824. The molecule has 1 aliphatic rings. The van der Waals surface area contributed by atoms with Crippen molar-refractivity contribution in [1.82, 2.24) is 9.88 Å². The molecule has 1 aromatic heterocycles. The van der Waals surface area contributed by atoms with Gasteiger partial charge in [-0.1, -0.05) is 12.1 Å². The predicted octanol–water partition coefficient (Wildman–Crippen LogP) is 3.00. The summed E-state index contributed by atoms with van der Waals surface area (Å²) in [6.45, 7) is 0.717. The molecule has 2 aromatic rings. The first-order valence-electron chi connectivity index (χ1n) is 7.12. The van der Waals surface area contributed by atoms with Gasteiger partial charge in [-0.25, -0.2) is 4.98 Å². The van der Waals surface area contributed by atoms with Crippen LogP contribution in [0.15, 0.2) is 35.8 Å². The van der Waals surface area contributed by atoms with Crippen LogP contribution in [0.5, 0.6) is 5.75 Å². The largest absolute Gasteiger partial charge is 0.496 e. The van der Waals surface area contributed by atoms with Crippen molar-refractivity contribution in [2.45, 2.75) is 25.3 Å². The van der Waals surface area contributed by atoms with Gasteiger partial charge in [0, 0.05) is 30.6 Å². The molecule has 3 rings (SSSR count). The van der Waals surface area contributed by atoms with Crippen molar-refractivity contribution in [3.05, 3.63) is 46.4 Å². The van der Waals surface area contributed by atoms with Crippen LogP contribution in [0.1, 0.15) is 28.2 Å². The van der Waals surface area contributed by atoms with Crippen LogP contribution in [0.4, 0.5) is 0 Å². The van der Waals surface area contributed by atoms with Gasteiger partial charge in [-0.3, -0.25) is 4.79 Å². The Morgan fingerprint density at radius 1 is 1.43 bits per heavy atom. The fourth-order valence-corrected chi connectivity index (χ4v) is 3.01. The zero-order valence-electron chi connectivity index (χ0n) is 12.0. The Hall–Kier alpha value is -1.88. The van der Waals surface area contributed by atoms with Gasteiger partial charge in [-0.2, -0.15) is 0 Å². The Morgan fingerprint density at radius 2 is 2.24 bits per heavy atom. The number of thiazole rings is 1. The summed E-state index contributed by atoms with van der Waals surface area (Å²) in [5.41, 5.74) is 0.644. The van der Waals surface area contributed by atoms with Gasteiger partial charge in [0.2, 0.25) is 0 Å². The molecule has 5 heteroatoms. The Morgan fingerprint density at radius 3 is 2.90 bits per heavy atom. The highest BCUT2D eigenvalue weighted by atomic mass is 32.1. The fourth-order valence-electron chi connectivity index (χ4n) is 2.40. The highest BCUT2D eigenvalue weighted by molar-refractivity contribution is 7.09. The molecule has 1 fully saturated rings. The second-order valence-electron chi connectivity index (χ2n) is 5.11. The number of methoxy groups -OCH3 is 1. The molecule has 1 aromatic carbocycles. The van der Waals surface area contributed by atoms with Crippen molar-refractivity contribution >= 4 is 17.2 Å². The Kier molecular flexibility index (Phi) is 4.20. The molecule has 1 aliphatic carbocycles. The molecule has 1 saturated carbocycles. The average molecular weight is 302 g/mol. The Labute approximate surface area is 128 Å². The highest BCUT2D eigenvalue weighted by Gasteiger charge is 2.33. The third-order valence-corrected chi connectivity index (χ3v) is 4.48. The molecule has 1 amide bonds. The number of ether oxygens (including phenoxy) is 1. The minimum atomic E-state index is 0.0616. The van der Waals surface area contributed by atoms with Gasteiger partial charge in [0.1, 0.15) is 5.75 Å². The number of carbonyl (C=O) groups is 1. The number of amides is 1. The van der Waals surface area contributed by atoms with Crippen LogP contribution in [0.2, 0.25) is 0 Å². The Balaban J connectivity index is 1.75. The molecule has 0 spiro atoms. The number of rotatable bonds is 6. The lowest BCUT2D eigenvalue weighted by molar-refractivity contribution is 0.0741. The lowest BCUT2D eigenvalue weighted by atomic mass is 10.1. The number of hydrogen-bond acceptors (Lipinski definition) is 4. The molecule has 1 heterocycles. The summed E-state index contributed by atoms with van der Waals surface area (Å²) in [5, 5.41) is 3.05. The Bertz CT molecular complexity index is 608. The van der Waals surface area contributed by atoms with E-state index in [1.54, 1.807) is 18.4 Å². The van der Waals surface area contributed by atoms with E-state index in [1.807, 2.05) is 40.7 Å². The van der Waals surface area contributed by atoms with Gasteiger partial charge >= 0.3 is 0 Å². The zero-order valence-corrected chi connectivity index (χ0v) is 12.8. The summed E-state index contributed by atoms with van der Waals surface area (Å²) in [6, 6.07) is 7.80. The van der Waals surface area contributed by atoms with Crippen LogP contribution in [-0.4, -0.2) is 35.5 Å². The van der Waals surface area contributed by atoms with Crippen molar-refractivity contribution < 1.29 is 9.53 Å². The molecule has 0 radical (unpaired) electrons. The van der Waals surface area contributed by atoms with Gasteiger partial charge in [-0.15, -0.1) is 11.3 Å². The van der Waals surface area contributed by atoms with Crippen molar-refractivity contribution in [3.8, 4) is 5.75 Å². The molecule has 0 aliphatic heterocycles. The maximum atomic E-state index is 12.8. The van der Waals surface area contributed by atoms with Crippen LogP contribution in [0.3, 0.4) is 0 Å². The topological polar surface area (TPSA) is 42.4 Å². The molecule has 0 bridgehead atoms. The molecule has 21 heavy (non-hydrogen) atoms. The number of aromatic nitrogens is 1. The summed E-state index contributed by atoms with van der Waals surface area (Å²) in [4.78, 5) is 19.1. The summed E-state index contributed by atoms with van der Waals surface area (Å²) in [5.74, 6) is 0.703. The molecule has 0 N–H and O–H groups in total. The smallest absolute Gasteiger partial charge is 0.257 e. The van der Waals surface area contributed by atoms with Crippen LogP contribution < -0.4 is 4.74 Å². The average Bonchev–Trinajstić information content (AvgIpc) is 3.22. The van der Waals surface area contributed by atoms with Crippen molar-refractivity contribution in [2.75, 3.05) is 13.7 Å². The number of hydrogen-bond donors (Lipinski definition) is 0. The first kappa shape index (κ1) is 14.1. The first-order chi connectivity index (χ1) is 10.3. The van der Waals surface area contributed by atoms with E-state index in [9.17, 15) is 4.79 Å². The van der Waals surface area contributed by atoms with E-state index in [0.717, 1.165) is 30.8 Å². The van der Waals surface area contributed by atoms with Crippen molar-refractivity contribution in [2.24, 2.45) is 0 Å². The predicted molar refractivity (Wildman–Crippen MR) is 82.9 cm³/mol. The monoisotopic (exact) mass is 302 g/mol. The van der Waals surface area contributed by atoms with E-state index in [-0.39, 0.29) is 5.91 Å². The molecular weight excluding hydrogens is 284 g/mol. The lowest BCUT2D eigenvalue weighted by Crippen LogP contribution is -2.35. The zero-order chi connectivity index (χ0) is 14.7. The highest BCUT2D eigenvalue weighted by Crippen LogP contribution is 2.30. The van der Waals surface area contributed by atoms with Gasteiger partial charge in [-0.05, 0) is 25.0 Å². The number of nitrogens with zero attached hydrogens (tertiary/aromatic N) is 2. The normalized spacial score (nSPS) is 14.0. The SMILES string of the molecule is COc1ccccc1C(=O)N(CCc1nccs1)C1CC1. The van der Waals surface area contributed by atoms with Crippen LogP contribution in [0.25, 0.3) is 0 Å². The number of para-hydroxylation sites is 1. The van der Waals surface area contributed by atoms with Gasteiger partial charge in [0.25, 0.3) is 5.91 Å². The minimum absolute atomic E-state index is 0.0616. The van der Waals surface area contributed by atoms with Gasteiger partial charge in [0.05, 0.1) is 17.7 Å². The van der Waals surface area contributed by atoms with E-state index < -0.39 is 0 Å². The molecule has 110 valence electrons. The fraction of sp³-hybridized carbons (Fsp3) is 0.375. The summed E-state index contributed by atoms with van der Waals surface area (Å²) < 4.78 is 5.31. The minimum Gasteiger partial charge on any atom is -0.496 e. The second-order valence-corrected chi connectivity index (χ2v) is 6.08.